The highest BCUT2D eigenvalue weighted by molar-refractivity contribution is 7.21. The standard InChI is InChI=1S/C19H14ClN3OS/c1-24-16-8-7-13(9-15(16)20)23-18-14-10-17(12-5-3-2-4-6-12)25-19(14)22-11-21-18/h2-11H,1H3,(H,21,22,23). The fraction of sp³-hybridized carbons (Fsp3) is 0.0526. The number of halogens is 1. The quantitative estimate of drug-likeness (QED) is 0.497. The molecule has 0 aliphatic rings. The summed E-state index contributed by atoms with van der Waals surface area (Å²) in [5.74, 6) is 1.40. The minimum absolute atomic E-state index is 0.549. The fourth-order valence-electron chi connectivity index (χ4n) is 2.58. The molecule has 6 heteroatoms. The summed E-state index contributed by atoms with van der Waals surface area (Å²) in [6.07, 6.45) is 1.57. The van der Waals surface area contributed by atoms with Crippen LogP contribution >= 0.6 is 22.9 Å². The minimum Gasteiger partial charge on any atom is -0.495 e. The van der Waals surface area contributed by atoms with Crippen LogP contribution in [0.1, 0.15) is 0 Å². The van der Waals surface area contributed by atoms with Crippen molar-refractivity contribution in [3.05, 3.63) is 65.9 Å². The van der Waals surface area contributed by atoms with E-state index in [2.05, 4.69) is 33.5 Å². The number of nitrogens with zero attached hydrogens (tertiary/aromatic N) is 2. The lowest BCUT2D eigenvalue weighted by molar-refractivity contribution is 0.415. The van der Waals surface area contributed by atoms with Crippen molar-refractivity contribution in [1.29, 1.82) is 0 Å². The topological polar surface area (TPSA) is 47.0 Å². The number of methoxy groups -OCH3 is 1. The molecule has 4 rings (SSSR count). The van der Waals surface area contributed by atoms with Gasteiger partial charge in [0.2, 0.25) is 0 Å². The van der Waals surface area contributed by atoms with Crippen molar-refractivity contribution in [3.8, 4) is 16.2 Å². The Labute approximate surface area is 154 Å². The maximum absolute atomic E-state index is 6.20. The Hall–Kier alpha value is -2.63. The molecule has 4 nitrogen and oxygen atoms in total. The molecular weight excluding hydrogens is 354 g/mol. The summed E-state index contributed by atoms with van der Waals surface area (Å²) in [6.45, 7) is 0. The van der Waals surface area contributed by atoms with E-state index in [0.29, 0.717) is 10.8 Å². The molecule has 0 unspecified atom stereocenters. The Morgan fingerprint density at radius 2 is 1.88 bits per heavy atom. The summed E-state index contributed by atoms with van der Waals surface area (Å²) in [4.78, 5) is 10.9. The molecule has 0 saturated heterocycles. The summed E-state index contributed by atoms with van der Waals surface area (Å²) in [6, 6.07) is 17.9. The van der Waals surface area contributed by atoms with Crippen LogP contribution in [0, 0.1) is 0 Å². The van der Waals surface area contributed by atoms with E-state index in [1.807, 2.05) is 36.4 Å². The molecule has 2 aromatic carbocycles. The summed E-state index contributed by atoms with van der Waals surface area (Å²) >= 11 is 7.85. The highest BCUT2D eigenvalue weighted by atomic mass is 35.5. The number of aromatic nitrogens is 2. The molecular formula is C19H14ClN3OS. The Kier molecular flexibility index (Phi) is 4.26. The van der Waals surface area contributed by atoms with E-state index in [-0.39, 0.29) is 0 Å². The van der Waals surface area contributed by atoms with Crippen LogP contribution in [0.4, 0.5) is 11.5 Å². The van der Waals surface area contributed by atoms with E-state index in [9.17, 15) is 0 Å². The zero-order valence-electron chi connectivity index (χ0n) is 13.4. The average molecular weight is 368 g/mol. The number of rotatable bonds is 4. The van der Waals surface area contributed by atoms with Gasteiger partial charge in [0.1, 0.15) is 22.7 Å². The third-order valence-electron chi connectivity index (χ3n) is 3.80. The monoisotopic (exact) mass is 367 g/mol. The van der Waals surface area contributed by atoms with Gasteiger partial charge in [0, 0.05) is 10.6 Å². The lowest BCUT2D eigenvalue weighted by atomic mass is 10.2. The molecule has 4 aromatic rings. The molecule has 1 N–H and O–H groups in total. The van der Waals surface area contributed by atoms with Crippen LogP contribution in [-0.4, -0.2) is 17.1 Å². The predicted molar refractivity (Wildman–Crippen MR) is 104 cm³/mol. The van der Waals surface area contributed by atoms with Gasteiger partial charge in [-0.05, 0) is 29.8 Å². The number of fused-ring (bicyclic) bond motifs is 1. The van der Waals surface area contributed by atoms with E-state index < -0.39 is 0 Å². The summed E-state index contributed by atoms with van der Waals surface area (Å²) in [5, 5.41) is 4.85. The number of nitrogens with one attached hydrogen (secondary N) is 1. The fourth-order valence-corrected chi connectivity index (χ4v) is 3.84. The first kappa shape index (κ1) is 15.9. The number of anilines is 2. The maximum Gasteiger partial charge on any atom is 0.142 e. The highest BCUT2D eigenvalue weighted by Gasteiger charge is 2.11. The number of hydrogen-bond donors (Lipinski definition) is 1. The van der Waals surface area contributed by atoms with Crippen molar-refractivity contribution in [2.45, 2.75) is 0 Å². The van der Waals surface area contributed by atoms with E-state index in [4.69, 9.17) is 16.3 Å². The van der Waals surface area contributed by atoms with Gasteiger partial charge in [-0.3, -0.25) is 0 Å². The van der Waals surface area contributed by atoms with Gasteiger partial charge in [0.05, 0.1) is 17.5 Å². The molecule has 0 amide bonds. The molecule has 0 aliphatic carbocycles. The molecule has 0 spiro atoms. The first-order valence-electron chi connectivity index (χ1n) is 7.65. The summed E-state index contributed by atoms with van der Waals surface area (Å²) in [5.41, 5.74) is 2.02. The number of ether oxygens (including phenoxy) is 1. The van der Waals surface area contributed by atoms with Gasteiger partial charge < -0.3 is 10.1 Å². The largest absolute Gasteiger partial charge is 0.495 e. The molecule has 0 aliphatic heterocycles. The van der Waals surface area contributed by atoms with Gasteiger partial charge in [-0.15, -0.1) is 11.3 Å². The molecule has 2 heterocycles. The zero-order valence-corrected chi connectivity index (χ0v) is 14.9. The molecule has 0 atom stereocenters. The molecule has 0 saturated carbocycles. The van der Waals surface area contributed by atoms with Gasteiger partial charge in [0.25, 0.3) is 0 Å². The van der Waals surface area contributed by atoms with Gasteiger partial charge in [-0.2, -0.15) is 0 Å². The van der Waals surface area contributed by atoms with E-state index in [0.717, 1.165) is 26.6 Å². The third-order valence-corrected chi connectivity index (χ3v) is 5.19. The number of thiophene rings is 1. The van der Waals surface area contributed by atoms with Crippen LogP contribution in [0.15, 0.2) is 60.9 Å². The Bertz CT molecular complexity index is 1030. The second kappa shape index (κ2) is 6.70. The van der Waals surface area contributed by atoms with Crippen LogP contribution in [0.2, 0.25) is 5.02 Å². The van der Waals surface area contributed by atoms with Crippen molar-refractivity contribution < 1.29 is 4.74 Å². The SMILES string of the molecule is COc1ccc(Nc2ncnc3sc(-c4ccccc4)cc23)cc1Cl. The average Bonchev–Trinajstić information content (AvgIpc) is 3.08. The predicted octanol–water partition coefficient (Wildman–Crippen LogP) is 5.76. The van der Waals surface area contributed by atoms with Crippen molar-refractivity contribution in [2.24, 2.45) is 0 Å². The lowest BCUT2D eigenvalue weighted by Gasteiger charge is -2.08. The first-order valence-corrected chi connectivity index (χ1v) is 8.84. The van der Waals surface area contributed by atoms with Gasteiger partial charge in [-0.1, -0.05) is 41.9 Å². The number of benzene rings is 2. The van der Waals surface area contributed by atoms with Crippen molar-refractivity contribution in [1.82, 2.24) is 9.97 Å². The van der Waals surface area contributed by atoms with Gasteiger partial charge in [-0.25, -0.2) is 9.97 Å². The van der Waals surface area contributed by atoms with E-state index in [1.54, 1.807) is 24.8 Å². The molecule has 0 fully saturated rings. The molecule has 0 radical (unpaired) electrons. The minimum atomic E-state index is 0.549. The summed E-state index contributed by atoms with van der Waals surface area (Å²) in [7, 11) is 1.60. The van der Waals surface area contributed by atoms with E-state index in [1.165, 1.54) is 5.56 Å². The van der Waals surface area contributed by atoms with Crippen LogP contribution in [0.25, 0.3) is 20.7 Å². The number of hydrogen-bond acceptors (Lipinski definition) is 5. The van der Waals surface area contributed by atoms with Crippen LogP contribution < -0.4 is 10.1 Å². The van der Waals surface area contributed by atoms with Gasteiger partial charge >= 0.3 is 0 Å². The molecule has 25 heavy (non-hydrogen) atoms. The molecule has 2 aromatic heterocycles. The normalized spacial score (nSPS) is 10.8. The van der Waals surface area contributed by atoms with Crippen LogP contribution in [0.5, 0.6) is 5.75 Å². The molecule has 124 valence electrons. The highest BCUT2D eigenvalue weighted by Crippen LogP contribution is 2.36. The van der Waals surface area contributed by atoms with Crippen LogP contribution in [-0.2, 0) is 0 Å². The lowest BCUT2D eigenvalue weighted by Crippen LogP contribution is -1.95. The Morgan fingerprint density at radius 3 is 2.64 bits per heavy atom. The zero-order chi connectivity index (χ0) is 17.2. The van der Waals surface area contributed by atoms with Crippen molar-refractivity contribution in [2.75, 3.05) is 12.4 Å². The second-order valence-corrected chi connectivity index (χ2v) is 6.83. The van der Waals surface area contributed by atoms with Crippen molar-refractivity contribution in [3.63, 3.8) is 0 Å². The summed E-state index contributed by atoms with van der Waals surface area (Å²) < 4.78 is 5.19. The van der Waals surface area contributed by atoms with Crippen molar-refractivity contribution >= 4 is 44.7 Å². The Balaban J connectivity index is 1.73. The first-order chi connectivity index (χ1) is 12.2. The van der Waals surface area contributed by atoms with Crippen LogP contribution in [0.3, 0.4) is 0 Å². The molecule has 0 bridgehead atoms. The smallest absolute Gasteiger partial charge is 0.142 e. The van der Waals surface area contributed by atoms with E-state index >= 15 is 0 Å². The van der Waals surface area contributed by atoms with Gasteiger partial charge in [0.15, 0.2) is 0 Å². The Morgan fingerprint density at radius 1 is 1.04 bits per heavy atom. The third kappa shape index (κ3) is 3.16. The second-order valence-electron chi connectivity index (χ2n) is 5.39. The maximum atomic E-state index is 6.20.